The number of hydrogen-bond donors (Lipinski definition) is 2. The normalized spacial score (nSPS) is 17.0. The SMILES string of the molecule is CCOc1cc(S(=O)(=O)N2CCC(NS(=O)(=O)c3ccccc3)CC2)ccc1OCCc1ccccc1S(=O)(=O)NC1CCN(S(=O)(=O)c2cc(C(F)(F)F)ccc2Cl)CC1. The minimum Gasteiger partial charge on any atom is -0.490 e. The van der Waals surface area contributed by atoms with Crippen molar-refractivity contribution in [2.75, 3.05) is 39.4 Å². The summed E-state index contributed by atoms with van der Waals surface area (Å²) in [6.45, 7) is 1.71. The van der Waals surface area contributed by atoms with Gasteiger partial charge < -0.3 is 9.47 Å². The fourth-order valence-electron chi connectivity index (χ4n) is 7.04. The highest BCUT2D eigenvalue weighted by molar-refractivity contribution is 7.90. The lowest BCUT2D eigenvalue weighted by Gasteiger charge is -2.32. The summed E-state index contributed by atoms with van der Waals surface area (Å²) in [5.41, 5.74) is -0.763. The highest BCUT2D eigenvalue weighted by atomic mass is 35.5. The van der Waals surface area contributed by atoms with Crippen LogP contribution in [0.4, 0.5) is 13.2 Å². The van der Waals surface area contributed by atoms with Gasteiger partial charge in [-0.05, 0) is 86.7 Å². The first-order valence-corrected chi connectivity index (χ1v) is 25.4. The first kappa shape index (κ1) is 46.7. The largest absolute Gasteiger partial charge is 0.490 e. The summed E-state index contributed by atoms with van der Waals surface area (Å²) in [4.78, 5) is -0.639. The van der Waals surface area contributed by atoms with E-state index >= 15 is 0 Å². The molecule has 0 unspecified atom stereocenters. The molecule has 2 N–H and O–H groups in total. The average molecular weight is 950 g/mol. The third-order valence-electron chi connectivity index (χ3n) is 10.2. The molecule has 0 spiro atoms. The van der Waals surface area contributed by atoms with Crippen LogP contribution in [0.2, 0.25) is 5.02 Å². The van der Waals surface area contributed by atoms with E-state index in [-0.39, 0.29) is 103 Å². The van der Waals surface area contributed by atoms with Crippen molar-refractivity contribution in [1.82, 2.24) is 18.1 Å². The van der Waals surface area contributed by atoms with Crippen LogP contribution in [0.5, 0.6) is 11.5 Å². The van der Waals surface area contributed by atoms with Gasteiger partial charge in [0.25, 0.3) is 0 Å². The molecule has 2 fully saturated rings. The molecule has 0 radical (unpaired) electrons. The number of sulfonamides is 4. The number of hydrogen-bond acceptors (Lipinski definition) is 10. The van der Waals surface area contributed by atoms with Crippen molar-refractivity contribution in [3.8, 4) is 11.5 Å². The van der Waals surface area contributed by atoms with Crippen LogP contribution < -0.4 is 18.9 Å². The molecule has 2 aliphatic rings. The van der Waals surface area contributed by atoms with Crippen LogP contribution in [-0.2, 0) is 52.7 Å². The lowest BCUT2D eigenvalue weighted by Crippen LogP contribution is -2.46. The fraction of sp³-hybridized carbons (Fsp3) is 0.385. The highest BCUT2D eigenvalue weighted by Crippen LogP contribution is 2.36. The number of alkyl halides is 3. The molecule has 0 saturated carbocycles. The molecule has 0 atom stereocenters. The van der Waals surface area contributed by atoms with Crippen molar-refractivity contribution in [2.24, 2.45) is 0 Å². The first-order valence-electron chi connectivity index (χ1n) is 19.2. The Hall–Kier alpha value is -3.80. The van der Waals surface area contributed by atoms with E-state index in [0.29, 0.717) is 17.7 Å². The summed E-state index contributed by atoms with van der Waals surface area (Å²) < 4.78 is 166. The monoisotopic (exact) mass is 948 g/mol. The van der Waals surface area contributed by atoms with Gasteiger partial charge in [-0.2, -0.15) is 21.8 Å². The maximum absolute atomic E-state index is 13.7. The van der Waals surface area contributed by atoms with Gasteiger partial charge in [0.2, 0.25) is 40.1 Å². The van der Waals surface area contributed by atoms with E-state index in [1.165, 1.54) is 40.7 Å². The molecule has 6 rings (SSSR count). The Bertz CT molecular complexity index is 2640. The summed E-state index contributed by atoms with van der Waals surface area (Å²) in [7, 11) is -16.3. The Labute approximate surface area is 359 Å². The van der Waals surface area contributed by atoms with Crippen LogP contribution >= 0.6 is 11.6 Å². The number of ether oxygens (including phenoxy) is 2. The molecule has 2 heterocycles. The summed E-state index contributed by atoms with van der Waals surface area (Å²) in [6, 6.07) is 19.3. The van der Waals surface area contributed by atoms with E-state index in [0.717, 1.165) is 10.4 Å². The number of nitrogens with one attached hydrogen (secondary N) is 2. The smallest absolute Gasteiger partial charge is 0.416 e. The van der Waals surface area contributed by atoms with E-state index in [9.17, 15) is 46.8 Å². The summed E-state index contributed by atoms with van der Waals surface area (Å²) >= 11 is 6.00. The van der Waals surface area contributed by atoms with Gasteiger partial charge in [-0.3, -0.25) is 0 Å². The van der Waals surface area contributed by atoms with Crippen molar-refractivity contribution in [1.29, 1.82) is 0 Å². The molecular formula is C39H44ClF3N4O10S4. The number of rotatable bonds is 16. The number of benzene rings is 4. The van der Waals surface area contributed by atoms with E-state index < -0.39 is 68.8 Å². The maximum Gasteiger partial charge on any atom is 0.416 e. The zero-order valence-electron chi connectivity index (χ0n) is 32.7. The minimum atomic E-state index is -4.79. The van der Waals surface area contributed by atoms with Gasteiger partial charge in [0.1, 0.15) is 4.90 Å². The summed E-state index contributed by atoms with van der Waals surface area (Å²) in [5, 5.41) is -0.367. The van der Waals surface area contributed by atoms with E-state index in [1.54, 1.807) is 43.3 Å². The molecule has 2 aliphatic heterocycles. The zero-order chi connectivity index (χ0) is 44.2. The highest BCUT2D eigenvalue weighted by Gasteiger charge is 2.37. The Morgan fingerprint density at radius 2 is 1.21 bits per heavy atom. The average Bonchev–Trinajstić information content (AvgIpc) is 3.21. The molecule has 61 heavy (non-hydrogen) atoms. The predicted octanol–water partition coefficient (Wildman–Crippen LogP) is 5.64. The molecule has 2 saturated heterocycles. The number of nitrogens with zero attached hydrogens (tertiary/aromatic N) is 2. The molecule has 0 bridgehead atoms. The van der Waals surface area contributed by atoms with Gasteiger partial charge in [-0.1, -0.05) is 48.0 Å². The molecule has 332 valence electrons. The van der Waals surface area contributed by atoms with Gasteiger partial charge in [0, 0.05) is 50.7 Å². The Morgan fingerprint density at radius 3 is 1.82 bits per heavy atom. The van der Waals surface area contributed by atoms with Gasteiger partial charge >= 0.3 is 6.18 Å². The van der Waals surface area contributed by atoms with Gasteiger partial charge in [0.05, 0.1) is 38.5 Å². The second-order valence-electron chi connectivity index (χ2n) is 14.3. The van der Waals surface area contributed by atoms with Crippen LogP contribution in [0, 0.1) is 0 Å². The molecule has 4 aromatic rings. The Balaban J connectivity index is 1.05. The minimum absolute atomic E-state index is 0.0283. The number of piperidine rings is 2. The van der Waals surface area contributed by atoms with E-state index in [1.807, 2.05) is 0 Å². The van der Waals surface area contributed by atoms with Gasteiger partial charge in [-0.15, -0.1) is 0 Å². The van der Waals surface area contributed by atoms with Crippen LogP contribution in [0.15, 0.2) is 111 Å². The van der Waals surface area contributed by atoms with E-state index in [2.05, 4.69) is 9.44 Å². The van der Waals surface area contributed by atoms with Crippen molar-refractivity contribution in [3.63, 3.8) is 0 Å². The molecule has 0 aromatic heterocycles. The van der Waals surface area contributed by atoms with Crippen molar-refractivity contribution < 1.29 is 56.3 Å². The van der Waals surface area contributed by atoms with Crippen LogP contribution in [0.1, 0.15) is 43.7 Å². The van der Waals surface area contributed by atoms with Crippen LogP contribution in [0.3, 0.4) is 0 Å². The molecule has 4 aromatic carbocycles. The van der Waals surface area contributed by atoms with E-state index in [4.69, 9.17) is 21.1 Å². The Morgan fingerprint density at radius 1 is 0.639 bits per heavy atom. The second kappa shape index (κ2) is 18.9. The Kier molecular flexibility index (Phi) is 14.5. The first-order chi connectivity index (χ1) is 28.7. The van der Waals surface area contributed by atoms with Gasteiger partial charge in [0.15, 0.2) is 11.5 Å². The lowest BCUT2D eigenvalue weighted by molar-refractivity contribution is -0.137. The molecular weight excluding hydrogens is 905 g/mol. The fourth-order valence-corrected chi connectivity index (χ4v) is 13.4. The van der Waals surface area contributed by atoms with Crippen molar-refractivity contribution in [2.45, 2.75) is 76.9 Å². The molecule has 0 amide bonds. The van der Waals surface area contributed by atoms with Crippen LogP contribution in [0.25, 0.3) is 0 Å². The predicted molar refractivity (Wildman–Crippen MR) is 220 cm³/mol. The van der Waals surface area contributed by atoms with Crippen molar-refractivity contribution >= 4 is 51.7 Å². The quantitative estimate of drug-likeness (QED) is 0.142. The summed E-state index contributed by atoms with van der Waals surface area (Å²) in [5.74, 6) is 0.377. The zero-order valence-corrected chi connectivity index (χ0v) is 36.7. The van der Waals surface area contributed by atoms with Gasteiger partial charge in [-0.25, -0.2) is 43.1 Å². The topological polar surface area (TPSA) is 186 Å². The third-order valence-corrected chi connectivity index (χ3v) is 17.7. The number of halogens is 4. The third kappa shape index (κ3) is 11.1. The second-order valence-corrected chi connectivity index (χ2v) is 22.0. The maximum atomic E-state index is 13.7. The molecule has 14 nitrogen and oxygen atoms in total. The summed E-state index contributed by atoms with van der Waals surface area (Å²) in [6.07, 6.45) is -4.06. The van der Waals surface area contributed by atoms with Crippen molar-refractivity contribution in [3.05, 3.63) is 107 Å². The lowest BCUT2D eigenvalue weighted by atomic mass is 10.1. The molecule has 22 heteroatoms. The molecule has 0 aliphatic carbocycles. The standard InChI is InChI=1S/C39H44ClF3N4O10S4/c1-2-56-36-27-33(60(52,53)46-21-16-30(17-22-46)44-58(48,49)32-9-4-3-5-10-32)13-15-35(36)57-25-20-28-8-6-7-11-37(28)59(50,51)45-31-18-23-47(24-19-31)61(54,55)38-26-29(39(41,42)43)12-14-34(38)40/h3-15,26-27,30-31,44-45H,2,16-25H2,1H3. The van der Waals surface area contributed by atoms with Crippen LogP contribution in [-0.4, -0.2) is 93.8 Å².